The van der Waals surface area contributed by atoms with Crippen LogP contribution in [0.5, 0.6) is 0 Å². The van der Waals surface area contributed by atoms with Crippen LogP contribution in [0, 0.1) is 5.92 Å². The van der Waals surface area contributed by atoms with Crippen molar-refractivity contribution in [2.75, 3.05) is 23.0 Å². The lowest BCUT2D eigenvalue weighted by molar-refractivity contribution is 0.0969. The summed E-state index contributed by atoms with van der Waals surface area (Å²) in [4.78, 5) is 12.3. The Hall–Kier alpha value is -0.0900. The molecule has 5 heteroatoms. The van der Waals surface area contributed by atoms with Crippen molar-refractivity contribution < 1.29 is 4.79 Å². The molecule has 20 heavy (non-hydrogen) atoms. The van der Waals surface area contributed by atoms with Gasteiger partial charge in [-0.15, -0.1) is 0 Å². The van der Waals surface area contributed by atoms with Gasteiger partial charge in [-0.3, -0.25) is 4.79 Å². The van der Waals surface area contributed by atoms with Crippen molar-refractivity contribution in [3.8, 4) is 0 Å². The van der Waals surface area contributed by atoms with E-state index in [0.717, 1.165) is 23.0 Å². The topological polar surface area (TPSA) is 17.1 Å². The molecular weight excluding hydrogens is 331 g/mol. The summed E-state index contributed by atoms with van der Waals surface area (Å²) in [5.41, 5.74) is 1.86. The number of ketones is 1. The Balaban J connectivity index is 1.98. The van der Waals surface area contributed by atoms with Gasteiger partial charge in [-0.25, -0.2) is 0 Å². The van der Waals surface area contributed by atoms with Gasteiger partial charge in [0.25, 0.3) is 0 Å². The van der Waals surface area contributed by atoms with Crippen molar-refractivity contribution in [2.45, 2.75) is 6.42 Å². The first kappa shape index (κ1) is 16.3. The lowest BCUT2D eigenvalue weighted by Gasteiger charge is -2.19. The molecule has 1 heterocycles. The number of rotatable bonds is 3. The third kappa shape index (κ3) is 4.73. The molecule has 0 amide bonds. The number of benzene rings is 1. The third-order valence-electron chi connectivity index (χ3n) is 3.03. The first-order chi connectivity index (χ1) is 9.56. The van der Waals surface area contributed by atoms with Crippen LogP contribution in [0.2, 0.25) is 10.0 Å². The predicted molar refractivity (Wildman–Crippen MR) is 92.7 cm³/mol. The highest BCUT2D eigenvalue weighted by Crippen LogP contribution is 2.28. The smallest absolute Gasteiger partial charge is 0.164 e. The summed E-state index contributed by atoms with van der Waals surface area (Å²) in [6.45, 7) is 4.03. The Morgan fingerprint density at radius 3 is 2.50 bits per heavy atom. The molecule has 2 rings (SSSR count). The van der Waals surface area contributed by atoms with E-state index in [4.69, 9.17) is 23.2 Å². The minimum Gasteiger partial charge on any atom is -0.294 e. The highest BCUT2D eigenvalue weighted by Gasteiger charge is 2.19. The molecule has 0 aliphatic carbocycles. The molecule has 0 N–H and O–H groups in total. The molecule has 0 bridgehead atoms. The van der Waals surface area contributed by atoms with Gasteiger partial charge in [0, 0.05) is 28.5 Å². The molecule has 0 unspecified atom stereocenters. The summed E-state index contributed by atoms with van der Waals surface area (Å²) >= 11 is 15.7. The fourth-order valence-corrected chi connectivity index (χ4v) is 4.98. The van der Waals surface area contributed by atoms with Crippen LogP contribution in [-0.2, 0) is 0 Å². The standard InChI is InChI=1S/C15H16Cl2OS2/c1-10-6-19-8-11(9-20-7-10)4-15(18)13-3-2-12(16)5-14(13)17/h2-3,5,11H,1,4,6-9H2. The normalized spacial score (nSPS) is 17.6. The molecular formula is C15H16Cl2OS2. The third-order valence-corrected chi connectivity index (χ3v) is 6.21. The number of hydrogen-bond acceptors (Lipinski definition) is 3. The van der Waals surface area contributed by atoms with Gasteiger partial charge in [0.2, 0.25) is 0 Å². The van der Waals surface area contributed by atoms with Crippen LogP contribution in [0.25, 0.3) is 0 Å². The summed E-state index contributed by atoms with van der Waals surface area (Å²) in [7, 11) is 0. The van der Waals surface area contributed by atoms with E-state index in [0.29, 0.717) is 27.9 Å². The maximum atomic E-state index is 12.3. The van der Waals surface area contributed by atoms with Crippen LogP contribution in [0.1, 0.15) is 16.8 Å². The summed E-state index contributed by atoms with van der Waals surface area (Å²) in [5.74, 6) is 4.51. The Morgan fingerprint density at radius 2 is 1.90 bits per heavy atom. The summed E-state index contributed by atoms with van der Waals surface area (Å²) in [5, 5.41) is 1.00. The molecule has 108 valence electrons. The highest BCUT2D eigenvalue weighted by atomic mass is 35.5. The van der Waals surface area contributed by atoms with Crippen molar-refractivity contribution in [1.29, 1.82) is 0 Å². The van der Waals surface area contributed by atoms with Crippen LogP contribution < -0.4 is 0 Å². The second-order valence-electron chi connectivity index (χ2n) is 4.90. The zero-order chi connectivity index (χ0) is 14.5. The number of halogens is 2. The van der Waals surface area contributed by atoms with Crippen molar-refractivity contribution in [3.05, 3.63) is 46.0 Å². The molecule has 0 aromatic heterocycles. The molecule has 1 aliphatic rings. The fraction of sp³-hybridized carbons (Fsp3) is 0.400. The predicted octanol–water partition coefficient (Wildman–Crippen LogP) is 5.22. The zero-order valence-electron chi connectivity index (χ0n) is 11.0. The largest absolute Gasteiger partial charge is 0.294 e. The molecule has 1 fully saturated rings. The van der Waals surface area contributed by atoms with Gasteiger partial charge in [-0.2, -0.15) is 23.5 Å². The number of thioether (sulfide) groups is 2. The Bertz CT molecular complexity index is 505. The second-order valence-corrected chi connectivity index (χ2v) is 7.80. The van der Waals surface area contributed by atoms with Crippen LogP contribution in [0.3, 0.4) is 0 Å². The molecule has 0 atom stereocenters. The van der Waals surface area contributed by atoms with E-state index in [2.05, 4.69) is 6.58 Å². The number of hydrogen-bond donors (Lipinski definition) is 0. The maximum Gasteiger partial charge on any atom is 0.164 e. The van der Waals surface area contributed by atoms with Gasteiger partial charge in [0.15, 0.2) is 5.78 Å². The van der Waals surface area contributed by atoms with E-state index in [-0.39, 0.29) is 5.78 Å². The molecule has 1 aromatic rings. The second kappa shape index (κ2) is 7.79. The Labute approximate surface area is 138 Å². The molecule has 1 aliphatic heterocycles. The number of carbonyl (C=O) groups is 1. The quantitative estimate of drug-likeness (QED) is 0.551. The molecule has 1 aromatic carbocycles. The SMILES string of the molecule is C=C1CSCC(CC(=O)c2ccc(Cl)cc2Cl)CSC1. The van der Waals surface area contributed by atoms with E-state index >= 15 is 0 Å². The summed E-state index contributed by atoms with van der Waals surface area (Å²) in [6, 6.07) is 5.06. The minimum atomic E-state index is 0.109. The zero-order valence-corrected chi connectivity index (χ0v) is 14.2. The van der Waals surface area contributed by atoms with E-state index in [9.17, 15) is 4.79 Å². The maximum absolute atomic E-state index is 12.3. The Kier molecular flexibility index (Phi) is 6.34. The first-order valence-corrected chi connectivity index (χ1v) is 9.43. The molecule has 0 spiro atoms. The molecule has 0 radical (unpaired) electrons. The average Bonchev–Trinajstić information content (AvgIpc) is 2.35. The van der Waals surface area contributed by atoms with Crippen molar-refractivity contribution in [2.24, 2.45) is 5.92 Å². The lowest BCUT2D eigenvalue weighted by Crippen LogP contribution is -2.16. The van der Waals surface area contributed by atoms with Gasteiger partial charge in [0.1, 0.15) is 0 Å². The first-order valence-electron chi connectivity index (χ1n) is 6.36. The Morgan fingerprint density at radius 1 is 1.25 bits per heavy atom. The molecule has 1 saturated heterocycles. The molecule has 0 saturated carbocycles. The van der Waals surface area contributed by atoms with Crippen molar-refractivity contribution in [3.63, 3.8) is 0 Å². The van der Waals surface area contributed by atoms with E-state index in [1.54, 1.807) is 18.2 Å². The van der Waals surface area contributed by atoms with E-state index in [1.807, 2.05) is 23.5 Å². The van der Waals surface area contributed by atoms with Crippen LogP contribution in [0.15, 0.2) is 30.4 Å². The van der Waals surface area contributed by atoms with Crippen LogP contribution in [0.4, 0.5) is 0 Å². The van der Waals surface area contributed by atoms with Gasteiger partial charge in [0.05, 0.1) is 5.02 Å². The summed E-state index contributed by atoms with van der Waals surface area (Å²) < 4.78 is 0. The van der Waals surface area contributed by atoms with Gasteiger partial charge < -0.3 is 0 Å². The van der Waals surface area contributed by atoms with Crippen molar-refractivity contribution in [1.82, 2.24) is 0 Å². The van der Waals surface area contributed by atoms with Gasteiger partial charge in [-0.1, -0.05) is 35.4 Å². The van der Waals surface area contributed by atoms with Gasteiger partial charge in [-0.05, 0) is 35.6 Å². The highest BCUT2D eigenvalue weighted by molar-refractivity contribution is 8.01. The number of Topliss-reactive ketones (excluding diaryl/α,β-unsaturated/α-hetero) is 1. The fourth-order valence-electron chi connectivity index (χ4n) is 2.04. The monoisotopic (exact) mass is 346 g/mol. The summed E-state index contributed by atoms with van der Waals surface area (Å²) in [6.07, 6.45) is 0.549. The number of carbonyl (C=O) groups excluding carboxylic acids is 1. The van der Waals surface area contributed by atoms with Gasteiger partial charge >= 0.3 is 0 Å². The van der Waals surface area contributed by atoms with E-state index in [1.165, 1.54) is 5.57 Å². The molecule has 1 nitrogen and oxygen atoms in total. The van der Waals surface area contributed by atoms with Crippen LogP contribution in [-0.4, -0.2) is 28.8 Å². The minimum absolute atomic E-state index is 0.109. The lowest BCUT2D eigenvalue weighted by atomic mass is 10.0. The van der Waals surface area contributed by atoms with Crippen LogP contribution >= 0.6 is 46.7 Å². The van der Waals surface area contributed by atoms with E-state index < -0.39 is 0 Å². The van der Waals surface area contributed by atoms with Crippen molar-refractivity contribution >= 4 is 52.5 Å². The average molecular weight is 347 g/mol.